The van der Waals surface area contributed by atoms with Crippen LogP contribution in [0.5, 0.6) is 5.75 Å². The lowest BCUT2D eigenvalue weighted by atomic mass is 10.2. The van der Waals surface area contributed by atoms with Crippen molar-refractivity contribution in [3.05, 3.63) is 33.9 Å². The summed E-state index contributed by atoms with van der Waals surface area (Å²) in [6, 6.07) is 5.05. The summed E-state index contributed by atoms with van der Waals surface area (Å²) in [7, 11) is 0. The number of ether oxygens (including phenoxy) is 1. The molecule has 1 rings (SSSR count). The first kappa shape index (κ1) is 13.4. The smallest absolute Gasteiger partial charge is 0.311 e. The maximum atomic E-state index is 10.9. The first-order valence-corrected chi connectivity index (χ1v) is 5.69. The highest BCUT2D eigenvalue weighted by Crippen LogP contribution is 2.28. The van der Waals surface area contributed by atoms with Gasteiger partial charge in [0.05, 0.1) is 11.0 Å². The molecule has 0 aliphatic rings. The van der Waals surface area contributed by atoms with E-state index in [1.165, 1.54) is 0 Å². The second kappa shape index (κ2) is 6.20. The third kappa shape index (κ3) is 4.03. The van der Waals surface area contributed by atoms with E-state index in [4.69, 9.17) is 4.74 Å². The lowest BCUT2D eigenvalue weighted by molar-refractivity contribution is -0.386. The third-order valence-electron chi connectivity index (χ3n) is 2.16. The van der Waals surface area contributed by atoms with Crippen LogP contribution in [0, 0.1) is 10.1 Å². The average molecular weight is 238 g/mol. The quantitative estimate of drug-likeness (QED) is 0.611. The normalized spacial score (nSPS) is 10.6. The molecule has 94 valence electrons. The molecular formula is C12H18N2O3. The highest BCUT2D eigenvalue weighted by molar-refractivity contribution is 5.48. The van der Waals surface area contributed by atoms with Crippen molar-refractivity contribution in [1.29, 1.82) is 0 Å². The second-order valence-corrected chi connectivity index (χ2v) is 4.01. The number of benzene rings is 1. The van der Waals surface area contributed by atoms with Gasteiger partial charge in [0.1, 0.15) is 0 Å². The zero-order valence-electron chi connectivity index (χ0n) is 10.4. The minimum absolute atomic E-state index is 0.0223. The number of nitro benzene ring substituents is 1. The van der Waals surface area contributed by atoms with Gasteiger partial charge in [0.25, 0.3) is 0 Å². The summed E-state index contributed by atoms with van der Waals surface area (Å²) < 4.78 is 5.40. The molecule has 0 fully saturated rings. The summed E-state index contributed by atoms with van der Waals surface area (Å²) in [6.45, 7) is 7.13. The molecule has 0 aliphatic heterocycles. The van der Waals surface area contributed by atoms with Crippen molar-refractivity contribution in [3.8, 4) is 5.75 Å². The summed E-state index contributed by atoms with van der Waals surface area (Å²) in [5.41, 5.74) is 0.906. The molecule has 1 aromatic rings. The van der Waals surface area contributed by atoms with Gasteiger partial charge in [0, 0.05) is 12.6 Å². The van der Waals surface area contributed by atoms with Crippen LogP contribution in [0.15, 0.2) is 18.2 Å². The lowest BCUT2D eigenvalue weighted by Crippen LogP contribution is -2.12. The maximum Gasteiger partial charge on any atom is 0.311 e. The topological polar surface area (TPSA) is 64.4 Å². The predicted molar refractivity (Wildman–Crippen MR) is 66.2 cm³/mol. The van der Waals surface area contributed by atoms with E-state index in [2.05, 4.69) is 5.32 Å². The Morgan fingerprint density at radius 1 is 1.47 bits per heavy atom. The summed E-state index contributed by atoms with van der Waals surface area (Å²) in [6.07, 6.45) is -0.0756. The number of hydrogen-bond donors (Lipinski definition) is 1. The van der Waals surface area contributed by atoms with E-state index in [0.29, 0.717) is 12.3 Å². The van der Waals surface area contributed by atoms with E-state index >= 15 is 0 Å². The van der Waals surface area contributed by atoms with Crippen LogP contribution in [-0.4, -0.2) is 17.6 Å². The van der Waals surface area contributed by atoms with Gasteiger partial charge in [0.2, 0.25) is 0 Å². The molecule has 0 spiro atoms. The van der Waals surface area contributed by atoms with Gasteiger partial charge in [0.15, 0.2) is 5.75 Å². The maximum absolute atomic E-state index is 10.9. The fraction of sp³-hybridized carbons (Fsp3) is 0.500. The number of rotatable bonds is 6. The van der Waals surface area contributed by atoms with Crippen LogP contribution in [0.1, 0.15) is 26.3 Å². The van der Waals surface area contributed by atoms with Crippen LogP contribution in [-0.2, 0) is 6.54 Å². The molecule has 0 unspecified atom stereocenters. The Kier molecular flexibility index (Phi) is 4.90. The van der Waals surface area contributed by atoms with Crippen LogP contribution >= 0.6 is 0 Å². The third-order valence-corrected chi connectivity index (χ3v) is 2.16. The molecule has 0 aromatic heterocycles. The van der Waals surface area contributed by atoms with Gasteiger partial charge in [-0.2, -0.15) is 0 Å². The van der Waals surface area contributed by atoms with Gasteiger partial charge in [-0.05, 0) is 32.0 Å². The largest absolute Gasteiger partial charge is 0.484 e. The Bertz CT molecular complexity index is 391. The average Bonchev–Trinajstić information content (AvgIpc) is 2.26. The van der Waals surface area contributed by atoms with Crippen molar-refractivity contribution in [2.75, 3.05) is 6.54 Å². The molecule has 5 nitrogen and oxygen atoms in total. The number of nitro groups is 1. The Labute approximate surface area is 101 Å². The zero-order chi connectivity index (χ0) is 12.8. The van der Waals surface area contributed by atoms with Crippen molar-refractivity contribution in [3.63, 3.8) is 0 Å². The molecule has 0 radical (unpaired) electrons. The standard InChI is InChI=1S/C12H18N2O3/c1-4-13-8-10-5-6-12(17-9(2)3)11(7-10)14(15)16/h5-7,9,13H,4,8H2,1-3H3. The molecule has 0 saturated carbocycles. The Balaban J connectivity index is 2.95. The van der Waals surface area contributed by atoms with Crippen molar-refractivity contribution >= 4 is 5.69 Å². The van der Waals surface area contributed by atoms with Crippen LogP contribution in [0.3, 0.4) is 0 Å². The van der Waals surface area contributed by atoms with Crippen molar-refractivity contribution in [2.24, 2.45) is 0 Å². The van der Waals surface area contributed by atoms with Crippen molar-refractivity contribution < 1.29 is 9.66 Å². The summed E-state index contributed by atoms with van der Waals surface area (Å²) in [4.78, 5) is 10.5. The fourth-order valence-electron chi connectivity index (χ4n) is 1.44. The summed E-state index contributed by atoms with van der Waals surface area (Å²) >= 11 is 0. The Hall–Kier alpha value is -1.62. The highest BCUT2D eigenvalue weighted by atomic mass is 16.6. The molecule has 1 aromatic carbocycles. The molecular weight excluding hydrogens is 220 g/mol. The monoisotopic (exact) mass is 238 g/mol. The van der Waals surface area contributed by atoms with E-state index in [0.717, 1.165) is 12.1 Å². The van der Waals surface area contributed by atoms with Gasteiger partial charge < -0.3 is 10.1 Å². The van der Waals surface area contributed by atoms with E-state index in [-0.39, 0.29) is 11.8 Å². The van der Waals surface area contributed by atoms with E-state index < -0.39 is 4.92 Å². The molecule has 0 saturated heterocycles. The number of nitrogens with zero attached hydrogens (tertiary/aromatic N) is 1. The minimum atomic E-state index is -0.410. The van der Waals surface area contributed by atoms with Gasteiger partial charge in [-0.1, -0.05) is 13.0 Å². The van der Waals surface area contributed by atoms with Gasteiger partial charge in [-0.25, -0.2) is 0 Å². The lowest BCUT2D eigenvalue weighted by Gasteiger charge is -2.11. The Morgan fingerprint density at radius 3 is 2.71 bits per heavy atom. The SMILES string of the molecule is CCNCc1ccc(OC(C)C)c([N+](=O)[O-])c1. The van der Waals surface area contributed by atoms with Crippen LogP contribution < -0.4 is 10.1 Å². The molecule has 0 aliphatic carbocycles. The molecule has 17 heavy (non-hydrogen) atoms. The molecule has 0 atom stereocenters. The van der Waals surface area contributed by atoms with Crippen LogP contribution in [0.2, 0.25) is 0 Å². The van der Waals surface area contributed by atoms with Crippen molar-refractivity contribution in [1.82, 2.24) is 5.32 Å². The number of hydrogen-bond acceptors (Lipinski definition) is 4. The molecule has 5 heteroatoms. The summed E-state index contributed by atoms with van der Waals surface area (Å²) in [5, 5.41) is 14.1. The Morgan fingerprint density at radius 2 is 2.18 bits per heavy atom. The first-order chi connectivity index (χ1) is 8.04. The fourth-order valence-corrected chi connectivity index (χ4v) is 1.44. The zero-order valence-corrected chi connectivity index (χ0v) is 10.4. The first-order valence-electron chi connectivity index (χ1n) is 5.69. The number of nitrogens with one attached hydrogen (secondary N) is 1. The summed E-state index contributed by atoms with van der Waals surface area (Å²) in [5.74, 6) is 0.324. The van der Waals surface area contributed by atoms with Gasteiger partial charge in [-0.15, -0.1) is 0 Å². The molecule has 0 heterocycles. The van der Waals surface area contributed by atoms with Crippen LogP contribution in [0.25, 0.3) is 0 Å². The predicted octanol–water partition coefficient (Wildman–Crippen LogP) is 2.49. The van der Waals surface area contributed by atoms with Gasteiger partial charge >= 0.3 is 5.69 Å². The van der Waals surface area contributed by atoms with E-state index in [1.54, 1.807) is 12.1 Å². The minimum Gasteiger partial charge on any atom is -0.484 e. The molecule has 0 bridgehead atoms. The van der Waals surface area contributed by atoms with Crippen LogP contribution in [0.4, 0.5) is 5.69 Å². The van der Waals surface area contributed by atoms with E-state index in [9.17, 15) is 10.1 Å². The van der Waals surface area contributed by atoms with Crippen molar-refractivity contribution in [2.45, 2.75) is 33.4 Å². The molecule has 0 amide bonds. The molecule has 1 N–H and O–H groups in total. The van der Waals surface area contributed by atoms with E-state index in [1.807, 2.05) is 26.8 Å². The second-order valence-electron chi connectivity index (χ2n) is 4.01. The highest BCUT2D eigenvalue weighted by Gasteiger charge is 2.16. The van der Waals surface area contributed by atoms with Gasteiger partial charge in [-0.3, -0.25) is 10.1 Å².